The molecule has 1 aliphatic rings. The number of aromatic nitrogens is 1. The van der Waals surface area contributed by atoms with Crippen molar-refractivity contribution in [1.82, 2.24) is 9.47 Å². The van der Waals surface area contributed by atoms with Gasteiger partial charge < -0.3 is 14.6 Å². The summed E-state index contributed by atoms with van der Waals surface area (Å²) >= 11 is 3.36. The van der Waals surface area contributed by atoms with Crippen molar-refractivity contribution in [3.05, 3.63) is 22.4 Å². The second kappa shape index (κ2) is 5.14. The van der Waals surface area contributed by atoms with E-state index in [-0.39, 0.29) is 12.5 Å². The van der Waals surface area contributed by atoms with E-state index in [0.29, 0.717) is 18.3 Å². The van der Waals surface area contributed by atoms with E-state index in [4.69, 9.17) is 5.11 Å². The van der Waals surface area contributed by atoms with Gasteiger partial charge in [0, 0.05) is 23.3 Å². The molecule has 0 radical (unpaired) electrons. The van der Waals surface area contributed by atoms with Gasteiger partial charge in [0.15, 0.2) is 0 Å². The summed E-state index contributed by atoms with van der Waals surface area (Å²) in [7, 11) is 0. The molecular weight excluding hydrogens is 300 g/mol. The van der Waals surface area contributed by atoms with Crippen molar-refractivity contribution >= 4 is 27.8 Å². The Morgan fingerprint density at radius 2 is 2.22 bits per heavy atom. The van der Waals surface area contributed by atoms with E-state index >= 15 is 0 Å². The van der Waals surface area contributed by atoms with Gasteiger partial charge in [0.2, 0.25) is 0 Å². The van der Waals surface area contributed by atoms with Gasteiger partial charge >= 0.3 is 5.97 Å². The smallest absolute Gasteiger partial charge is 0.323 e. The van der Waals surface area contributed by atoms with Crippen molar-refractivity contribution < 1.29 is 14.7 Å². The number of halogens is 1. The molecule has 1 fully saturated rings. The maximum absolute atomic E-state index is 12.3. The third-order valence-electron chi connectivity index (χ3n) is 2.97. The van der Waals surface area contributed by atoms with Crippen LogP contribution in [-0.2, 0) is 4.79 Å². The Labute approximate surface area is 114 Å². The zero-order chi connectivity index (χ0) is 13.3. The zero-order valence-corrected chi connectivity index (χ0v) is 11.7. The standard InChI is InChI=1S/C12H15BrN2O3/c1-2-14(7-11(16)17)12(18)10-5-8(13)6-15(10)9-3-4-9/h5-6,9H,2-4,7H2,1H3,(H,16,17). The van der Waals surface area contributed by atoms with E-state index in [1.165, 1.54) is 4.90 Å². The Morgan fingerprint density at radius 3 is 2.72 bits per heavy atom. The Bertz CT molecular complexity index is 480. The number of carbonyl (C=O) groups is 2. The maximum atomic E-state index is 12.3. The number of hydrogen-bond acceptors (Lipinski definition) is 2. The van der Waals surface area contributed by atoms with E-state index in [2.05, 4.69) is 15.9 Å². The van der Waals surface area contributed by atoms with Crippen molar-refractivity contribution in [3.8, 4) is 0 Å². The quantitative estimate of drug-likeness (QED) is 0.905. The summed E-state index contributed by atoms with van der Waals surface area (Å²) in [5, 5.41) is 8.80. The highest BCUT2D eigenvalue weighted by Crippen LogP contribution is 2.37. The number of carbonyl (C=O) groups excluding carboxylic acids is 1. The van der Waals surface area contributed by atoms with Gasteiger partial charge in [0.05, 0.1) is 0 Å². The van der Waals surface area contributed by atoms with Crippen LogP contribution in [0.4, 0.5) is 0 Å². The lowest BCUT2D eigenvalue weighted by Gasteiger charge is -2.19. The molecule has 1 amide bonds. The second-order valence-corrected chi connectivity index (χ2v) is 5.31. The number of likely N-dealkylation sites (N-methyl/N-ethyl adjacent to an activating group) is 1. The van der Waals surface area contributed by atoms with Crippen LogP contribution in [0, 0.1) is 0 Å². The summed E-state index contributed by atoms with van der Waals surface area (Å²) < 4.78 is 2.79. The number of rotatable bonds is 5. The molecule has 0 aliphatic heterocycles. The maximum Gasteiger partial charge on any atom is 0.323 e. The first-order valence-electron chi connectivity index (χ1n) is 5.91. The average Bonchev–Trinajstić information content (AvgIpc) is 3.08. The third-order valence-corrected chi connectivity index (χ3v) is 3.40. The van der Waals surface area contributed by atoms with E-state index in [1.807, 2.05) is 10.8 Å². The Balaban J connectivity index is 2.23. The Hall–Kier alpha value is -1.30. The molecule has 0 aromatic carbocycles. The lowest BCUT2D eigenvalue weighted by Crippen LogP contribution is -2.36. The largest absolute Gasteiger partial charge is 0.480 e. The van der Waals surface area contributed by atoms with Crippen LogP contribution in [0.5, 0.6) is 0 Å². The van der Waals surface area contributed by atoms with E-state index in [1.54, 1.807) is 13.0 Å². The van der Waals surface area contributed by atoms with Crippen molar-refractivity contribution in [2.24, 2.45) is 0 Å². The molecule has 0 atom stereocenters. The highest BCUT2D eigenvalue weighted by molar-refractivity contribution is 9.10. The molecule has 1 saturated carbocycles. The first-order chi connectivity index (χ1) is 8.52. The molecule has 1 aromatic heterocycles. The van der Waals surface area contributed by atoms with E-state index < -0.39 is 5.97 Å². The predicted octanol–water partition coefficient (Wildman–Crippen LogP) is 2.13. The Morgan fingerprint density at radius 1 is 1.56 bits per heavy atom. The number of carboxylic acid groups (broad SMARTS) is 1. The number of carboxylic acids is 1. The lowest BCUT2D eigenvalue weighted by molar-refractivity contribution is -0.137. The van der Waals surface area contributed by atoms with E-state index in [9.17, 15) is 9.59 Å². The highest BCUT2D eigenvalue weighted by atomic mass is 79.9. The van der Waals surface area contributed by atoms with Crippen LogP contribution in [0.1, 0.15) is 36.3 Å². The number of amides is 1. The van der Waals surface area contributed by atoms with Gasteiger partial charge in [0.25, 0.3) is 5.91 Å². The molecule has 1 N–H and O–H groups in total. The van der Waals surface area contributed by atoms with Crippen molar-refractivity contribution in [3.63, 3.8) is 0 Å². The third kappa shape index (κ3) is 2.75. The van der Waals surface area contributed by atoms with Crippen LogP contribution in [0.3, 0.4) is 0 Å². The zero-order valence-electron chi connectivity index (χ0n) is 10.1. The summed E-state index contributed by atoms with van der Waals surface area (Å²) in [5.41, 5.74) is 0.562. The predicted molar refractivity (Wildman–Crippen MR) is 69.6 cm³/mol. The van der Waals surface area contributed by atoms with Crippen LogP contribution in [0.25, 0.3) is 0 Å². The fourth-order valence-electron chi connectivity index (χ4n) is 1.92. The molecular formula is C12H15BrN2O3. The minimum absolute atomic E-state index is 0.225. The molecule has 1 aromatic rings. The molecule has 0 unspecified atom stereocenters. The van der Waals surface area contributed by atoms with Gasteiger partial charge in [-0.25, -0.2) is 0 Å². The fourth-order valence-corrected chi connectivity index (χ4v) is 2.36. The van der Waals surface area contributed by atoms with Gasteiger partial charge in [-0.1, -0.05) is 0 Å². The molecule has 1 aliphatic carbocycles. The van der Waals surface area contributed by atoms with Crippen LogP contribution in [-0.4, -0.2) is 39.5 Å². The van der Waals surface area contributed by atoms with Crippen LogP contribution in [0.2, 0.25) is 0 Å². The summed E-state index contributed by atoms with van der Waals surface area (Å²) in [6.07, 6.45) is 4.04. The molecule has 0 spiro atoms. The minimum atomic E-state index is -0.992. The first-order valence-corrected chi connectivity index (χ1v) is 6.70. The highest BCUT2D eigenvalue weighted by Gasteiger charge is 2.29. The summed E-state index contributed by atoms with van der Waals surface area (Å²) in [4.78, 5) is 24.4. The molecule has 2 rings (SSSR count). The Kier molecular flexibility index (Phi) is 3.75. The molecule has 6 heteroatoms. The van der Waals surface area contributed by atoms with Crippen molar-refractivity contribution in [2.75, 3.05) is 13.1 Å². The molecule has 5 nitrogen and oxygen atoms in total. The number of nitrogens with zero attached hydrogens (tertiary/aromatic N) is 2. The van der Waals surface area contributed by atoms with E-state index in [0.717, 1.165) is 17.3 Å². The fraction of sp³-hybridized carbons (Fsp3) is 0.500. The van der Waals surface area contributed by atoms with Crippen LogP contribution < -0.4 is 0 Å². The second-order valence-electron chi connectivity index (χ2n) is 4.40. The monoisotopic (exact) mass is 314 g/mol. The molecule has 0 bridgehead atoms. The van der Waals surface area contributed by atoms with Gasteiger partial charge in [-0.2, -0.15) is 0 Å². The topological polar surface area (TPSA) is 62.5 Å². The van der Waals surface area contributed by atoms with Crippen LogP contribution >= 0.6 is 15.9 Å². The van der Waals surface area contributed by atoms with Gasteiger partial charge in [0.1, 0.15) is 12.2 Å². The van der Waals surface area contributed by atoms with Gasteiger partial charge in [-0.05, 0) is 41.8 Å². The lowest BCUT2D eigenvalue weighted by atomic mass is 10.3. The molecule has 18 heavy (non-hydrogen) atoms. The average molecular weight is 315 g/mol. The van der Waals surface area contributed by atoms with Crippen LogP contribution in [0.15, 0.2) is 16.7 Å². The first kappa shape index (κ1) is 13.1. The number of aliphatic carboxylic acids is 1. The number of hydrogen-bond donors (Lipinski definition) is 1. The summed E-state index contributed by atoms with van der Waals surface area (Å²) in [6.45, 7) is 1.90. The van der Waals surface area contributed by atoms with Gasteiger partial charge in [-0.15, -0.1) is 0 Å². The normalized spacial score (nSPS) is 14.6. The SMILES string of the molecule is CCN(CC(=O)O)C(=O)c1cc(Br)cn1C1CC1. The van der Waals surface area contributed by atoms with Crippen molar-refractivity contribution in [1.29, 1.82) is 0 Å². The summed E-state index contributed by atoms with van der Waals surface area (Å²) in [6, 6.07) is 2.14. The molecule has 0 saturated heterocycles. The van der Waals surface area contributed by atoms with Gasteiger partial charge in [-0.3, -0.25) is 9.59 Å². The molecule has 98 valence electrons. The molecule has 1 heterocycles. The minimum Gasteiger partial charge on any atom is -0.480 e. The summed E-state index contributed by atoms with van der Waals surface area (Å²) in [5.74, 6) is -1.22. The van der Waals surface area contributed by atoms with Crippen molar-refractivity contribution in [2.45, 2.75) is 25.8 Å².